The molecule has 0 spiro atoms. The van der Waals surface area contributed by atoms with Gasteiger partial charge < -0.3 is 14.8 Å². The standard InChI is InChI=1S/C17H22F3NO2/c1-4-13(17(18,19)20)15(14-11-22-16(2,3)23-14)21-10-12-8-6-5-7-9-12/h4-9,13-15,21H,1,10-11H2,2-3H3/t13-,14+,15+/m0/s1. The number of nitrogens with one attached hydrogen (secondary N) is 1. The molecule has 1 fully saturated rings. The fraction of sp³-hybridized carbons (Fsp3) is 0.529. The molecule has 3 nitrogen and oxygen atoms in total. The van der Waals surface area contributed by atoms with Gasteiger partial charge in [0.25, 0.3) is 0 Å². The Bertz CT molecular complexity index is 516. The Hall–Kier alpha value is -1.37. The molecule has 1 saturated heterocycles. The zero-order chi connectivity index (χ0) is 17.1. The predicted molar refractivity (Wildman–Crippen MR) is 81.7 cm³/mol. The normalized spacial score (nSPS) is 23.4. The Morgan fingerprint density at radius 3 is 2.48 bits per heavy atom. The predicted octanol–water partition coefficient (Wildman–Crippen LogP) is 3.66. The van der Waals surface area contributed by atoms with Crippen molar-refractivity contribution in [3.63, 3.8) is 0 Å². The van der Waals surface area contributed by atoms with E-state index in [1.165, 1.54) is 0 Å². The monoisotopic (exact) mass is 329 g/mol. The molecule has 23 heavy (non-hydrogen) atoms. The molecule has 0 unspecified atom stereocenters. The van der Waals surface area contributed by atoms with Crippen LogP contribution in [0.3, 0.4) is 0 Å². The first-order valence-corrected chi connectivity index (χ1v) is 7.51. The Morgan fingerprint density at radius 2 is 2.00 bits per heavy atom. The summed E-state index contributed by atoms with van der Waals surface area (Å²) in [6.07, 6.45) is -4.16. The molecule has 0 saturated carbocycles. The third kappa shape index (κ3) is 4.80. The first kappa shape index (κ1) is 18.0. The molecule has 1 aliphatic rings. The third-order valence-corrected chi connectivity index (χ3v) is 3.83. The molecule has 2 rings (SSSR count). The smallest absolute Gasteiger partial charge is 0.348 e. The highest BCUT2D eigenvalue weighted by atomic mass is 19.4. The van der Waals surface area contributed by atoms with Gasteiger partial charge in [0, 0.05) is 6.54 Å². The van der Waals surface area contributed by atoms with Gasteiger partial charge in [0.2, 0.25) is 0 Å². The van der Waals surface area contributed by atoms with Gasteiger partial charge in [0.1, 0.15) is 6.10 Å². The van der Waals surface area contributed by atoms with Crippen LogP contribution in [0.4, 0.5) is 13.2 Å². The molecule has 1 aromatic rings. The summed E-state index contributed by atoms with van der Waals surface area (Å²) in [5.74, 6) is -2.59. The van der Waals surface area contributed by atoms with Crippen molar-refractivity contribution in [3.05, 3.63) is 48.6 Å². The summed E-state index contributed by atoms with van der Waals surface area (Å²) in [5, 5.41) is 2.98. The summed E-state index contributed by atoms with van der Waals surface area (Å²) < 4.78 is 51.1. The summed E-state index contributed by atoms with van der Waals surface area (Å²) in [6, 6.07) is 8.31. The van der Waals surface area contributed by atoms with Crippen LogP contribution in [0.2, 0.25) is 0 Å². The molecule has 1 N–H and O–H groups in total. The van der Waals surface area contributed by atoms with Crippen LogP contribution < -0.4 is 5.32 Å². The lowest BCUT2D eigenvalue weighted by Gasteiger charge is -2.32. The molecule has 6 heteroatoms. The topological polar surface area (TPSA) is 30.5 Å². The zero-order valence-corrected chi connectivity index (χ0v) is 13.3. The molecule has 0 aromatic heterocycles. The molecular weight excluding hydrogens is 307 g/mol. The largest absolute Gasteiger partial charge is 0.396 e. The van der Waals surface area contributed by atoms with Crippen LogP contribution in [0, 0.1) is 5.92 Å². The van der Waals surface area contributed by atoms with Crippen LogP contribution in [0.1, 0.15) is 19.4 Å². The highest BCUT2D eigenvalue weighted by Gasteiger charge is 2.48. The second kappa shape index (κ2) is 7.03. The van der Waals surface area contributed by atoms with Gasteiger partial charge in [-0.15, -0.1) is 6.58 Å². The van der Waals surface area contributed by atoms with Gasteiger partial charge in [-0.1, -0.05) is 36.4 Å². The van der Waals surface area contributed by atoms with E-state index in [4.69, 9.17) is 9.47 Å². The lowest BCUT2D eigenvalue weighted by molar-refractivity contribution is -0.185. The van der Waals surface area contributed by atoms with Crippen molar-refractivity contribution in [2.75, 3.05) is 6.61 Å². The molecule has 0 bridgehead atoms. The van der Waals surface area contributed by atoms with E-state index < -0.39 is 30.0 Å². The van der Waals surface area contributed by atoms with Crippen LogP contribution in [0.15, 0.2) is 43.0 Å². The molecule has 128 valence electrons. The number of halogens is 3. The Balaban J connectivity index is 2.15. The van der Waals surface area contributed by atoms with E-state index in [2.05, 4.69) is 11.9 Å². The second-order valence-electron chi connectivity index (χ2n) is 6.06. The molecule has 1 heterocycles. The van der Waals surface area contributed by atoms with E-state index in [1.54, 1.807) is 13.8 Å². The summed E-state index contributed by atoms with van der Waals surface area (Å²) in [7, 11) is 0. The number of hydrogen-bond donors (Lipinski definition) is 1. The van der Waals surface area contributed by atoms with E-state index in [1.807, 2.05) is 30.3 Å². The number of benzene rings is 1. The van der Waals surface area contributed by atoms with Gasteiger partial charge in [-0.05, 0) is 19.4 Å². The quantitative estimate of drug-likeness (QED) is 0.808. The first-order chi connectivity index (χ1) is 10.7. The van der Waals surface area contributed by atoms with E-state index in [9.17, 15) is 13.2 Å². The van der Waals surface area contributed by atoms with Crippen LogP contribution in [0.25, 0.3) is 0 Å². The summed E-state index contributed by atoms with van der Waals surface area (Å²) >= 11 is 0. The van der Waals surface area contributed by atoms with Crippen molar-refractivity contribution in [1.29, 1.82) is 0 Å². The molecular formula is C17H22F3NO2. The fourth-order valence-corrected chi connectivity index (χ4v) is 2.70. The van der Waals surface area contributed by atoms with Crippen molar-refractivity contribution in [2.24, 2.45) is 5.92 Å². The van der Waals surface area contributed by atoms with Crippen molar-refractivity contribution < 1.29 is 22.6 Å². The third-order valence-electron chi connectivity index (χ3n) is 3.83. The maximum Gasteiger partial charge on any atom is 0.396 e. The average Bonchev–Trinajstić information content (AvgIpc) is 2.83. The summed E-state index contributed by atoms with van der Waals surface area (Å²) in [5.41, 5.74) is 0.903. The van der Waals surface area contributed by atoms with E-state index in [-0.39, 0.29) is 6.61 Å². The van der Waals surface area contributed by atoms with Gasteiger partial charge in [-0.3, -0.25) is 0 Å². The lowest BCUT2D eigenvalue weighted by Crippen LogP contribution is -2.50. The number of rotatable bonds is 6. The zero-order valence-electron chi connectivity index (χ0n) is 13.3. The van der Waals surface area contributed by atoms with Crippen LogP contribution in [0.5, 0.6) is 0 Å². The molecule has 1 aromatic carbocycles. The van der Waals surface area contributed by atoms with Crippen molar-refractivity contribution in [1.82, 2.24) is 5.32 Å². The SMILES string of the molecule is C=C[C@@H]([C@@H](NCc1ccccc1)[C@H]1COC(C)(C)O1)C(F)(F)F. The fourth-order valence-electron chi connectivity index (χ4n) is 2.70. The van der Waals surface area contributed by atoms with Crippen molar-refractivity contribution in [3.8, 4) is 0 Å². The lowest BCUT2D eigenvalue weighted by atomic mass is 9.94. The highest BCUT2D eigenvalue weighted by Crippen LogP contribution is 2.35. The minimum absolute atomic E-state index is 0.111. The number of hydrogen-bond acceptors (Lipinski definition) is 3. The van der Waals surface area contributed by atoms with Gasteiger partial charge in [0.05, 0.1) is 18.6 Å². The average molecular weight is 329 g/mol. The maximum atomic E-state index is 13.3. The minimum Gasteiger partial charge on any atom is -0.348 e. The van der Waals surface area contributed by atoms with Crippen molar-refractivity contribution in [2.45, 2.75) is 44.5 Å². The van der Waals surface area contributed by atoms with E-state index >= 15 is 0 Å². The van der Waals surface area contributed by atoms with Crippen LogP contribution >= 0.6 is 0 Å². The van der Waals surface area contributed by atoms with Crippen molar-refractivity contribution >= 4 is 0 Å². The van der Waals surface area contributed by atoms with Gasteiger partial charge >= 0.3 is 6.18 Å². The van der Waals surface area contributed by atoms with E-state index in [0.29, 0.717) is 6.54 Å². The van der Waals surface area contributed by atoms with Gasteiger partial charge in [-0.2, -0.15) is 13.2 Å². The summed E-state index contributed by atoms with van der Waals surface area (Å²) in [4.78, 5) is 0. The molecule has 0 amide bonds. The highest BCUT2D eigenvalue weighted by molar-refractivity contribution is 5.15. The first-order valence-electron chi connectivity index (χ1n) is 7.51. The molecule has 3 atom stereocenters. The second-order valence-corrected chi connectivity index (χ2v) is 6.06. The van der Waals surface area contributed by atoms with E-state index in [0.717, 1.165) is 11.6 Å². The number of alkyl halides is 3. The van der Waals surface area contributed by atoms with Gasteiger partial charge in [0.15, 0.2) is 5.79 Å². The molecule has 0 radical (unpaired) electrons. The van der Waals surface area contributed by atoms with Crippen LogP contribution in [-0.4, -0.2) is 30.7 Å². The Kier molecular flexibility index (Phi) is 5.49. The number of ether oxygens (including phenoxy) is 2. The van der Waals surface area contributed by atoms with Crippen LogP contribution in [-0.2, 0) is 16.0 Å². The Labute approximate surface area is 134 Å². The summed E-state index contributed by atoms with van der Waals surface area (Å²) in [6.45, 7) is 7.16. The molecule has 0 aliphatic carbocycles. The Morgan fingerprint density at radius 1 is 1.35 bits per heavy atom. The maximum absolute atomic E-state index is 13.3. The van der Waals surface area contributed by atoms with Gasteiger partial charge in [-0.25, -0.2) is 0 Å². The minimum atomic E-state index is -4.40. The molecule has 1 aliphatic heterocycles.